The monoisotopic (exact) mass is 345 g/mol. The van der Waals surface area contributed by atoms with E-state index in [-0.39, 0.29) is 29.9 Å². The number of amides is 1. The highest BCUT2D eigenvalue weighted by molar-refractivity contribution is 6.18. The highest BCUT2D eigenvalue weighted by Crippen LogP contribution is 2.54. The Bertz CT molecular complexity index is 529. The Labute approximate surface area is 140 Å². The molecule has 3 saturated heterocycles. The van der Waals surface area contributed by atoms with Gasteiger partial charge in [0.1, 0.15) is 0 Å². The van der Waals surface area contributed by atoms with Crippen LogP contribution in [0.3, 0.4) is 0 Å². The summed E-state index contributed by atoms with van der Waals surface area (Å²) in [6.07, 6.45) is 0.928. The fraction of sp³-hybridized carbons (Fsp3) is 0.875. The van der Waals surface area contributed by atoms with E-state index in [1.807, 2.05) is 13.8 Å². The van der Waals surface area contributed by atoms with Crippen molar-refractivity contribution in [2.24, 2.45) is 11.8 Å². The summed E-state index contributed by atoms with van der Waals surface area (Å²) >= 11 is 5.79. The molecular weight excluding hydrogens is 322 g/mol. The van der Waals surface area contributed by atoms with Crippen LogP contribution in [0, 0.1) is 11.8 Å². The van der Waals surface area contributed by atoms with Crippen LogP contribution >= 0.6 is 11.6 Å². The van der Waals surface area contributed by atoms with Gasteiger partial charge in [0.2, 0.25) is 11.4 Å². The van der Waals surface area contributed by atoms with Gasteiger partial charge < -0.3 is 19.9 Å². The molecule has 130 valence electrons. The maximum Gasteiger partial charge on any atom is 0.339 e. The predicted octanol–water partition coefficient (Wildman–Crippen LogP) is 0.980. The number of ether oxygens (including phenoxy) is 2. The molecule has 0 aliphatic carbocycles. The van der Waals surface area contributed by atoms with E-state index < -0.39 is 29.1 Å². The quantitative estimate of drug-likeness (QED) is 0.408. The van der Waals surface area contributed by atoms with E-state index in [2.05, 4.69) is 5.32 Å². The molecule has 0 bridgehead atoms. The second-order valence-electron chi connectivity index (χ2n) is 6.89. The zero-order chi connectivity index (χ0) is 17.0. The second kappa shape index (κ2) is 5.60. The molecule has 3 rings (SSSR count). The SMILES string of the molecule is CCC1OC1[C@H](CC)C(O)[C@@]12NC(=O)[C@H](CCCl)[C@]1(C)OC2=O. The lowest BCUT2D eigenvalue weighted by Crippen LogP contribution is -2.80. The summed E-state index contributed by atoms with van der Waals surface area (Å²) in [6.45, 7) is 5.69. The molecule has 3 aliphatic rings. The van der Waals surface area contributed by atoms with E-state index in [0.717, 1.165) is 6.42 Å². The van der Waals surface area contributed by atoms with Crippen LogP contribution in [0.15, 0.2) is 0 Å². The average Bonchev–Trinajstić information content (AvgIpc) is 3.26. The number of esters is 1. The van der Waals surface area contributed by atoms with E-state index in [1.165, 1.54) is 0 Å². The first kappa shape index (κ1) is 17.0. The number of nitrogens with one attached hydrogen (secondary N) is 1. The Morgan fingerprint density at radius 3 is 2.57 bits per heavy atom. The first-order chi connectivity index (χ1) is 10.9. The number of carbonyl (C=O) groups excluding carboxylic acids is 2. The van der Waals surface area contributed by atoms with Crippen molar-refractivity contribution >= 4 is 23.5 Å². The Kier molecular flexibility index (Phi) is 4.14. The van der Waals surface area contributed by atoms with Crippen LogP contribution in [0.4, 0.5) is 0 Å². The van der Waals surface area contributed by atoms with Crippen LogP contribution in [-0.2, 0) is 19.1 Å². The normalized spacial score (nSPS) is 44.0. The lowest BCUT2D eigenvalue weighted by atomic mass is 9.64. The average molecular weight is 346 g/mol. The molecule has 2 N–H and O–H groups in total. The first-order valence-electron chi connectivity index (χ1n) is 8.32. The number of epoxide rings is 1. The van der Waals surface area contributed by atoms with Crippen LogP contribution in [0.5, 0.6) is 0 Å². The van der Waals surface area contributed by atoms with Crippen LogP contribution in [0.2, 0.25) is 0 Å². The van der Waals surface area contributed by atoms with Crippen molar-refractivity contribution in [2.75, 3.05) is 5.88 Å². The Hall–Kier alpha value is -0.850. The largest absolute Gasteiger partial charge is 0.453 e. The molecule has 0 saturated carbocycles. The van der Waals surface area contributed by atoms with Gasteiger partial charge in [0.15, 0.2) is 5.60 Å². The lowest BCUT2D eigenvalue weighted by Gasteiger charge is -2.54. The fourth-order valence-electron chi connectivity index (χ4n) is 4.38. The maximum atomic E-state index is 12.4. The molecule has 6 nitrogen and oxygen atoms in total. The topological polar surface area (TPSA) is 88.2 Å². The molecule has 0 aromatic rings. The third-order valence-corrected chi connectivity index (χ3v) is 6.09. The molecule has 0 aromatic carbocycles. The molecule has 7 atom stereocenters. The highest BCUT2D eigenvalue weighted by Gasteiger charge is 2.80. The number of halogens is 1. The summed E-state index contributed by atoms with van der Waals surface area (Å²) in [4.78, 5) is 24.7. The number of hydrogen-bond donors (Lipinski definition) is 2. The minimum atomic E-state index is -1.38. The summed E-state index contributed by atoms with van der Waals surface area (Å²) in [6, 6.07) is 0. The standard InChI is InChI=1S/C16H24ClNO5/c1-4-8(11-10(5-2)22-11)12(19)16-14(21)23-15(16,3)9(6-7-17)13(20)18-16/h8-12,19H,4-7H2,1-3H3,(H,18,20)/t8-,9-,10?,11?,12?,15-,16-/m0/s1. The number of aliphatic hydroxyl groups excluding tert-OH is 1. The number of aliphatic hydroxyl groups is 1. The molecular formula is C16H24ClNO5. The minimum Gasteiger partial charge on any atom is -0.453 e. The highest BCUT2D eigenvalue weighted by atomic mass is 35.5. The van der Waals surface area contributed by atoms with E-state index in [4.69, 9.17) is 21.1 Å². The third kappa shape index (κ3) is 2.07. The van der Waals surface area contributed by atoms with Gasteiger partial charge in [-0.2, -0.15) is 0 Å². The molecule has 3 heterocycles. The van der Waals surface area contributed by atoms with Gasteiger partial charge in [-0.05, 0) is 26.2 Å². The second-order valence-corrected chi connectivity index (χ2v) is 7.27. The first-order valence-corrected chi connectivity index (χ1v) is 8.85. The van der Waals surface area contributed by atoms with Gasteiger partial charge in [-0.15, -0.1) is 11.6 Å². The van der Waals surface area contributed by atoms with E-state index in [0.29, 0.717) is 12.8 Å². The predicted molar refractivity (Wildman–Crippen MR) is 82.9 cm³/mol. The molecule has 0 aromatic heterocycles. The molecule has 1 amide bonds. The van der Waals surface area contributed by atoms with Crippen molar-refractivity contribution in [3.8, 4) is 0 Å². The number of rotatable bonds is 7. The molecule has 3 fully saturated rings. The van der Waals surface area contributed by atoms with E-state index >= 15 is 0 Å². The van der Waals surface area contributed by atoms with Gasteiger partial charge in [0, 0.05) is 11.8 Å². The van der Waals surface area contributed by atoms with Gasteiger partial charge in [-0.1, -0.05) is 13.8 Å². The summed E-state index contributed by atoms with van der Waals surface area (Å²) in [5, 5.41) is 13.8. The molecule has 3 unspecified atom stereocenters. The van der Waals surface area contributed by atoms with E-state index in [1.54, 1.807) is 6.92 Å². The molecule has 23 heavy (non-hydrogen) atoms. The Balaban J connectivity index is 1.90. The van der Waals surface area contributed by atoms with E-state index in [9.17, 15) is 14.7 Å². The zero-order valence-electron chi connectivity index (χ0n) is 13.7. The Morgan fingerprint density at radius 2 is 2.09 bits per heavy atom. The van der Waals surface area contributed by atoms with Crippen molar-refractivity contribution in [2.45, 2.75) is 69.5 Å². The third-order valence-electron chi connectivity index (χ3n) is 5.88. The number of alkyl halides is 1. The van der Waals surface area contributed by atoms with Crippen molar-refractivity contribution < 1.29 is 24.2 Å². The number of carbonyl (C=O) groups is 2. The molecule has 0 spiro atoms. The van der Waals surface area contributed by atoms with Crippen LogP contribution in [0.1, 0.15) is 40.0 Å². The van der Waals surface area contributed by atoms with Crippen LogP contribution in [0.25, 0.3) is 0 Å². The van der Waals surface area contributed by atoms with Crippen molar-refractivity contribution in [3.05, 3.63) is 0 Å². The van der Waals surface area contributed by atoms with Gasteiger partial charge >= 0.3 is 5.97 Å². The summed E-state index contributed by atoms with van der Waals surface area (Å²) in [5.74, 6) is -1.31. The summed E-state index contributed by atoms with van der Waals surface area (Å²) in [7, 11) is 0. The van der Waals surface area contributed by atoms with Crippen LogP contribution < -0.4 is 5.32 Å². The van der Waals surface area contributed by atoms with Crippen molar-refractivity contribution in [1.82, 2.24) is 5.32 Å². The Morgan fingerprint density at radius 1 is 1.39 bits per heavy atom. The maximum absolute atomic E-state index is 12.4. The molecule has 7 heteroatoms. The van der Waals surface area contributed by atoms with Gasteiger partial charge in [0.05, 0.1) is 24.2 Å². The van der Waals surface area contributed by atoms with Crippen molar-refractivity contribution in [3.63, 3.8) is 0 Å². The van der Waals surface area contributed by atoms with Crippen molar-refractivity contribution in [1.29, 1.82) is 0 Å². The van der Waals surface area contributed by atoms with Gasteiger partial charge in [-0.25, -0.2) is 4.79 Å². The molecule has 3 aliphatic heterocycles. The van der Waals surface area contributed by atoms with Crippen LogP contribution in [-0.4, -0.2) is 52.3 Å². The van der Waals surface area contributed by atoms with Gasteiger partial charge in [0.25, 0.3) is 0 Å². The zero-order valence-corrected chi connectivity index (χ0v) is 14.4. The number of hydrogen-bond acceptors (Lipinski definition) is 5. The summed E-state index contributed by atoms with van der Waals surface area (Å²) < 4.78 is 11.0. The minimum absolute atomic E-state index is 0.0731. The number of fused-ring (bicyclic) bond motifs is 1. The lowest BCUT2D eigenvalue weighted by molar-refractivity contribution is -0.239. The fourth-order valence-corrected chi connectivity index (χ4v) is 4.60. The summed E-state index contributed by atoms with van der Waals surface area (Å²) in [5.41, 5.74) is -2.44. The molecule has 0 radical (unpaired) electrons. The van der Waals surface area contributed by atoms with Gasteiger partial charge in [-0.3, -0.25) is 4.79 Å². The smallest absolute Gasteiger partial charge is 0.339 e.